The van der Waals surface area contributed by atoms with E-state index in [9.17, 15) is 0 Å². The lowest BCUT2D eigenvalue weighted by molar-refractivity contribution is 1.10. The molecular formula is C14H10S. The maximum atomic E-state index is 2.37. The first-order valence-electron chi connectivity index (χ1n) is 5.28. The van der Waals surface area contributed by atoms with Gasteiger partial charge in [0.05, 0.1) is 0 Å². The number of hydrogen-bond donors (Lipinski definition) is 0. The molecule has 0 N–H and O–H groups in total. The Morgan fingerprint density at radius 1 is 1.00 bits per heavy atom. The molecule has 0 amide bonds. The number of rotatable bonds is 0. The summed E-state index contributed by atoms with van der Waals surface area (Å²) < 4.78 is 0. The molecule has 2 unspecified atom stereocenters. The topological polar surface area (TPSA) is 0 Å². The molecule has 72 valence electrons. The highest BCUT2D eigenvalue weighted by Crippen LogP contribution is 2.59. The third-order valence-corrected chi connectivity index (χ3v) is 4.52. The maximum absolute atomic E-state index is 2.37. The summed E-state index contributed by atoms with van der Waals surface area (Å²) in [6.07, 6.45) is 4.62. The quantitative estimate of drug-likeness (QED) is 0.592. The van der Waals surface area contributed by atoms with Crippen LogP contribution >= 0.6 is 11.8 Å². The lowest BCUT2D eigenvalue weighted by Gasteiger charge is -2.10. The number of thioether (sulfide) groups is 1. The second-order valence-corrected chi connectivity index (χ2v) is 5.53. The van der Waals surface area contributed by atoms with Crippen molar-refractivity contribution < 1.29 is 0 Å². The van der Waals surface area contributed by atoms with E-state index in [2.05, 4.69) is 60.3 Å². The average Bonchev–Trinajstić information content (AvgIpc) is 3.06. The van der Waals surface area contributed by atoms with Crippen LogP contribution in [-0.2, 0) is 0 Å². The van der Waals surface area contributed by atoms with Crippen LogP contribution in [0.5, 0.6) is 0 Å². The largest absolute Gasteiger partial charge is 0.143 e. The highest BCUT2D eigenvalue weighted by Gasteiger charge is 2.40. The van der Waals surface area contributed by atoms with Crippen LogP contribution in [0.15, 0.2) is 42.5 Å². The van der Waals surface area contributed by atoms with Crippen molar-refractivity contribution in [1.29, 1.82) is 0 Å². The van der Waals surface area contributed by atoms with Gasteiger partial charge in [-0.3, -0.25) is 0 Å². The Hall–Kier alpha value is -1.21. The summed E-state index contributed by atoms with van der Waals surface area (Å²) in [5, 5.41) is 4.23. The van der Waals surface area contributed by atoms with Crippen molar-refractivity contribution >= 4 is 28.6 Å². The van der Waals surface area contributed by atoms with Crippen molar-refractivity contribution in [2.75, 3.05) is 0 Å². The number of fused-ring (bicyclic) bond motifs is 4. The fourth-order valence-corrected chi connectivity index (χ4v) is 3.39. The molecule has 0 aromatic heterocycles. The second kappa shape index (κ2) is 2.67. The van der Waals surface area contributed by atoms with E-state index in [1.165, 1.54) is 21.9 Å². The monoisotopic (exact) mass is 210 g/mol. The van der Waals surface area contributed by atoms with E-state index >= 15 is 0 Å². The molecule has 1 aliphatic carbocycles. The third-order valence-electron chi connectivity index (χ3n) is 3.25. The van der Waals surface area contributed by atoms with Gasteiger partial charge in [-0.05, 0) is 34.0 Å². The Labute approximate surface area is 93.0 Å². The lowest BCUT2D eigenvalue weighted by atomic mass is 9.94. The summed E-state index contributed by atoms with van der Waals surface area (Å²) in [7, 11) is 0. The van der Waals surface area contributed by atoms with Crippen molar-refractivity contribution in [3.05, 3.63) is 53.6 Å². The van der Waals surface area contributed by atoms with Crippen LogP contribution in [0, 0.1) is 0 Å². The number of hydrogen-bond acceptors (Lipinski definition) is 1. The van der Waals surface area contributed by atoms with E-state index in [4.69, 9.17) is 0 Å². The van der Waals surface area contributed by atoms with E-state index in [0.29, 0.717) is 0 Å². The average molecular weight is 210 g/mol. The van der Waals surface area contributed by atoms with Gasteiger partial charge in [0.2, 0.25) is 0 Å². The first-order chi connectivity index (χ1) is 7.42. The SMILES string of the molecule is C1=CC2SC2c2cc3ccccc3cc21. The highest BCUT2D eigenvalue weighted by molar-refractivity contribution is 8.07. The molecule has 2 aromatic rings. The molecule has 0 nitrogen and oxygen atoms in total. The van der Waals surface area contributed by atoms with Gasteiger partial charge < -0.3 is 0 Å². The molecule has 1 saturated heterocycles. The van der Waals surface area contributed by atoms with Gasteiger partial charge in [-0.25, -0.2) is 0 Å². The normalized spacial score (nSPS) is 26.1. The van der Waals surface area contributed by atoms with Gasteiger partial charge >= 0.3 is 0 Å². The zero-order valence-electron chi connectivity index (χ0n) is 8.18. The molecule has 0 bridgehead atoms. The first kappa shape index (κ1) is 8.00. The van der Waals surface area contributed by atoms with Gasteiger partial charge in [0.15, 0.2) is 0 Å². The molecule has 2 atom stereocenters. The molecular weight excluding hydrogens is 200 g/mol. The Bertz CT molecular complexity index is 583. The molecule has 4 rings (SSSR count). The zero-order chi connectivity index (χ0) is 9.83. The van der Waals surface area contributed by atoms with E-state index in [-0.39, 0.29) is 0 Å². The fraction of sp³-hybridized carbons (Fsp3) is 0.143. The summed E-state index contributed by atoms with van der Waals surface area (Å²) in [5.41, 5.74) is 2.95. The summed E-state index contributed by atoms with van der Waals surface area (Å²) in [6.45, 7) is 0. The van der Waals surface area contributed by atoms with Crippen LogP contribution in [-0.4, -0.2) is 5.25 Å². The molecule has 2 aromatic carbocycles. The standard InChI is InChI=1S/C14H10S/c1-2-4-10-8-12-11(7-9(10)3-1)5-6-13-14(12)15-13/h1-8,13-14H. The summed E-state index contributed by atoms with van der Waals surface area (Å²) >= 11 is 2.06. The Kier molecular flexibility index (Phi) is 1.43. The first-order valence-corrected chi connectivity index (χ1v) is 6.22. The molecule has 1 fully saturated rings. The van der Waals surface area contributed by atoms with Gasteiger partial charge in [-0.1, -0.05) is 36.4 Å². The molecule has 0 radical (unpaired) electrons. The molecule has 0 saturated carbocycles. The van der Waals surface area contributed by atoms with Crippen LogP contribution in [0.25, 0.3) is 16.8 Å². The number of benzene rings is 2. The Morgan fingerprint density at radius 2 is 1.80 bits per heavy atom. The van der Waals surface area contributed by atoms with Crippen molar-refractivity contribution in [1.82, 2.24) is 0 Å². The van der Waals surface area contributed by atoms with Crippen molar-refractivity contribution in [3.8, 4) is 0 Å². The molecule has 1 heterocycles. The Morgan fingerprint density at radius 3 is 2.67 bits per heavy atom. The smallest absolute Gasteiger partial charge is 0.0463 e. The van der Waals surface area contributed by atoms with Crippen molar-refractivity contribution in [2.24, 2.45) is 0 Å². The van der Waals surface area contributed by atoms with Crippen LogP contribution in [0.3, 0.4) is 0 Å². The summed E-state index contributed by atoms with van der Waals surface area (Å²) in [4.78, 5) is 0. The van der Waals surface area contributed by atoms with E-state index in [0.717, 1.165) is 10.5 Å². The summed E-state index contributed by atoms with van der Waals surface area (Å²) in [5.74, 6) is 0. The van der Waals surface area contributed by atoms with Gasteiger partial charge in [0.25, 0.3) is 0 Å². The zero-order valence-corrected chi connectivity index (χ0v) is 9.00. The van der Waals surface area contributed by atoms with Crippen LogP contribution in [0.4, 0.5) is 0 Å². The molecule has 2 aliphatic rings. The van der Waals surface area contributed by atoms with Crippen LogP contribution < -0.4 is 0 Å². The van der Waals surface area contributed by atoms with Crippen LogP contribution in [0.1, 0.15) is 16.4 Å². The van der Waals surface area contributed by atoms with E-state index < -0.39 is 0 Å². The predicted molar refractivity (Wildman–Crippen MR) is 67.1 cm³/mol. The highest BCUT2D eigenvalue weighted by atomic mass is 32.2. The van der Waals surface area contributed by atoms with E-state index in [1.807, 2.05) is 0 Å². The molecule has 0 spiro atoms. The lowest BCUT2D eigenvalue weighted by Crippen LogP contribution is -1.94. The molecule has 1 aliphatic heterocycles. The minimum absolute atomic E-state index is 0.745. The van der Waals surface area contributed by atoms with Crippen molar-refractivity contribution in [2.45, 2.75) is 10.5 Å². The minimum Gasteiger partial charge on any atom is -0.143 e. The Balaban J connectivity index is 2.07. The summed E-state index contributed by atoms with van der Waals surface area (Å²) in [6, 6.07) is 13.3. The predicted octanol–water partition coefficient (Wildman–Crippen LogP) is 4.02. The van der Waals surface area contributed by atoms with Crippen LogP contribution in [0.2, 0.25) is 0 Å². The van der Waals surface area contributed by atoms with Crippen molar-refractivity contribution in [3.63, 3.8) is 0 Å². The molecule has 15 heavy (non-hydrogen) atoms. The third kappa shape index (κ3) is 1.10. The molecule has 1 heteroatoms. The van der Waals surface area contributed by atoms with Gasteiger partial charge in [0.1, 0.15) is 0 Å². The van der Waals surface area contributed by atoms with Gasteiger partial charge in [0, 0.05) is 10.5 Å². The second-order valence-electron chi connectivity index (χ2n) is 4.21. The fourth-order valence-electron chi connectivity index (χ4n) is 2.39. The van der Waals surface area contributed by atoms with Gasteiger partial charge in [-0.15, -0.1) is 11.8 Å². The minimum atomic E-state index is 0.745. The van der Waals surface area contributed by atoms with E-state index in [1.54, 1.807) is 0 Å². The maximum Gasteiger partial charge on any atom is 0.0463 e. The van der Waals surface area contributed by atoms with Gasteiger partial charge in [-0.2, -0.15) is 0 Å².